The Balaban J connectivity index is 1.36. The van der Waals surface area contributed by atoms with E-state index in [0.717, 1.165) is 30.0 Å². The third-order valence-electron chi connectivity index (χ3n) is 5.69. The molecule has 0 radical (unpaired) electrons. The lowest BCUT2D eigenvalue weighted by atomic mass is 9.90. The van der Waals surface area contributed by atoms with Gasteiger partial charge in [-0.3, -0.25) is 14.9 Å². The third kappa shape index (κ3) is 4.36. The topological polar surface area (TPSA) is 114 Å². The van der Waals surface area contributed by atoms with Crippen LogP contribution in [0.25, 0.3) is 34.3 Å². The van der Waals surface area contributed by atoms with Crippen LogP contribution in [-0.4, -0.2) is 56.3 Å². The van der Waals surface area contributed by atoms with E-state index in [1.54, 1.807) is 18.6 Å². The minimum absolute atomic E-state index is 0.235. The molecule has 1 saturated heterocycles. The van der Waals surface area contributed by atoms with Crippen LogP contribution in [0.4, 0.5) is 0 Å². The number of likely N-dealkylation sites (tertiary alicyclic amines) is 1. The summed E-state index contributed by atoms with van der Waals surface area (Å²) in [6.45, 7) is 5.52. The summed E-state index contributed by atoms with van der Waals surface area (Å²) < 4.78 is 11.8. The van der Waals surface area contributed by atoms with Gasteiger partial charge in [-0.15, -0.1) is 10.2 Å². The Morgan fingerprint density at radius 2 is 1.76 bits per heavy atom. The molecule has 0 bridgehead atoms. The fourth-order valence-electron chi connectivity index (χ4n) is 3.63. The zero-order valence-corrected chi connectivity index (χ0v) is 19.1. The second-order valence-corrected chi connectivity index (χ2v) is 8.85. The van der Waals surface area contributed by atoms with Crippen LogP contribution < -0.4 is 4.74 Å². The van der Waals surface area contributed by atoms with Crippen molar-refractivity contribution < 1.29 is 9.15 Å². The van der Waals surface area contributed by atoms with Gasteiger partial charge in [0.25, 0.3) is 5.89 Å². The Kier molecular flexibility index (Phi) is 5.51. The number of nitriles is 1. The van der Waals surface area contributed by atoms with Crippen LogP contribution in [0.1, 0.15) is 19.5 Å². The number of nitrogens with zero attached hydrogens (tertiary/aromatic N) is 7. The molecule has 3 aromatic heterocycles. The Bertz CT molecular complexity index is 1350. The van der Waals surface area contributed by atoms with Crippen molar-refractivity contribution in [1.82, 2.24) is 30.0 Å². The molecule has 0 spiro atoms. The van der Waals surface area contributed by atoms with Gasteiger partial charge in [0.15, 0.2) is 0 Å². The number of aromatic nitrogens is 5. The van der Waals surface area contributed by atoms with Crippen LogP contribution in [0.5, 0.6) is 5.75 Å². The zero-order chi connectivity index (χ0) is 23.7. The Morgan fingerprint density at radius 1 is 1.03 bits per heavy atom. The second kappa shape index (κ2) is 8.65. The van der Waals surface area contributed by atoms with Crippen molar-refractivity contribution in [3.63, 3.8) is 0 Å². The summed E-state index contributed by atoms with van der Waals surface area (Å²) in [4.78, 5) is 15.5. The molecule has 34 heavy (non-hydrogen) atoms. The first kappa shape index (κ1) is 21.7. The van der Waals surface area contributed by atoms with Gasteiger partial charge in [0, 0.05) is 30.4 Å². The number of likely N-dealkylation sites (N-methyl/N-ethyl adjacent to an activating group) is 1. The minimum atomic E-state index is -0.711. The van der Waals surface area contributed by atoms with Gasteiger partial charge in [-0.05, 0) is 57.3 Å². The number of rotatable bonds is 6. The van der Waals surface area contributed by atoms with Gasteiger partial charge in [-0.25, -0.2) is 4.98 Å². The molecule has 0 unspecified atom stereocenters. The zero-order valence-electron chi connectivity index (χ0n) is 19.1. The summed E-state index contributed by atoms with van der Waals surface area (Å²) in [6, 6.07) is 13.5. The summed E-state index contributed by atoms with van der Waals surface area (Å²) >= 11 is 0. The summed E-state index contributed by atoms with van der Waals surface area (Å²) in [5.41, 5.74) is 2.63. The molecular formula is C25H23N7O2. The quantitative estimate of drug-likeness (QED) is 0.430. The van der Waals surface area contributed by atoms with E-state index in [1.165, 1.54) is 0 Å². The number of ether oxygens (including phenoxy) is 1. The average molecular weight is 454 g/mol. The molecule has 0 saturated carbocycles. The standard InChI is InChI=1S/C25H23N7O2/c1-25(2,15-26)22-10-17(8-9-28-22)20-11-27-12-21(29-20)24-31-30-23(34-24)16-4-6-18(7-5-16)33-19-13-32(3)14-19/h4-12,19H,13-14H2,1-3H3. The van der Waals surface area contributed by atoms with E-state index in [9.17, 15) is 5.26 Å². The van der Waals surface area contributed by atoms with Crippen molar-refractivity contribution >= 4 is 0 Å². The lowest BCUT2D eigenvalue weighted by Crippen LogP contribution is -2.51. The maximum Gasteiger partial charge on any atom is 0.268 e. The van der Waals surface area contributed by atoms with E-state index in [2.05, 4.69) is 43.2 Å². The largest absolute Gasteiger partial charge is 0.488 e. The monoisotopic (exact) mass is 453 g/mol. The van der Waals surface area contributed by atoms with Gasteiger partial charge in [0.05, 0.1) is 35.3 Å². The first-order valence-corrected chi connectivity index (χ1v) is 10.9. The number of benzene rings is 1. The highest BCUT2D eigenvalue weighted by atomic mass is 16.5. The predicted molar refractivity (Wildman–Crippen MR) is 125 cm³/mol. The van der Waals surface area contributed by atoms with E-state index in [0.29, 0.717) is 23.0 Å². The van der Waals surface area contributed by atoms with E-state index >= 15 is 0 Å². The van der Waals surface area contributed by atoms with Crippen LogP contribution >= 0.6 is 0 Å². The summed E-state index contributed by atoms with van der Waals surface area (Å²) in [5.74, 6) is 1.48. The molecule has 1 aliphatic rings. The van der Waals surface area contributed by atoms with Crippen LogP contribution in [0.3, 0.4) is 0 Å². The highest BCUT2D eigenvalue weighted by Gasteiger charge is 2.25. The molecule has 9 nitrogen and oxygen atoms in total. The van der Waals surface area contributed by atoms with E-state index in [4.69, 9.17) is 9.15 Å². The molecule has 0 N–H and O–H groups in total. The SMILES string of the molecule is CN1CC(Oc2ccc(-c3nnc(-c4cncc(-c5ccnc(C(C)(C)C#N)c5)n4)o3)cc2)C1. The number of pyridine rings is 1. The Hall–Kier alpha value is -4.16. The summed E-state index contributed by atoms with van der Waals surface area (Å²) in [7, 11) is 2.07. The van der Waals surface area contributed by atoms with Gasteiger partial charge in [0.2, 0.25) is 5.89 Å². The summed E-state index contributed by atoms with van der Waals surface area (Å²) in [5, 5.41) is 17.8. The van der Waals surface area contributed by atoms with Crippen LogP contribution in [0, 0.1) is 11.3 Å². The highest BCUT2D eigenvalue weighted by Crippen LogP contribution is 2.28. The third-order valence-corrected chi connectivity index (χ3v) is 5.69. The Morgan fingerprint density at radius 3 is 2.50 bits per heavy atom. The molecule has 4 aromatic rings. The molecule has 170 valence electrons. The van der Waals surface area contributed by atoms with Crippen molar-refractivity contribution in [1.29, 1.82) is 5.26 Å². The fourth-order valence-corrected chi connectivity index (χ4v) is 3.63. The molecular weight excluding hydrogens is 430 g/mol. The van der Waals surface area contributed by atoms with Crippen molar-refractivity contribution in [3.8, 4) is 46.1 Å². The molecule has 4 heterocycles. The smallest absolute Gasteiger partial charge is 0.268 e. The summed E-state index contributed by atoms with van der Waals surface area (Å²) in [6.07, 6.45) is 5.13. The van der Waals surface area contributed by atoms with E-state index < -0.39 is 5.41 Å². The Labute approximate surface area is 197 Å². The number of hydrogen-bond acceptors (Lipinski definition) is 9. The molecule has 5 rings (SSSR count). The molecule has 1 aromatic carbocycles. The molecule has 9 heteroatoms. The van der Waals surface area contributed by atoms with Gasteiger partial charge in [-0.2, -0.15) is 5.26 Å². The first-order chi connectivity index (χ1) is 16.4. The van der Waals surface area contributed by atoms with Gasteiger partial charge in [-0.1, -0.05) is 0 Å². The molecule has 1 fully saturated rings. The van der Waals surface area contributed by atoms with Crippen molar-refractivity contribution in [2.24, 2.45) is 0 Å². The fraction of sp³-hybridized carbons (Fsp3) is 0.280. The molecule has 1 aliphatic heterocycles. The molecule has 0 aliphatic carbocycles. The molecule has 0 atom stereocenters. The normalized spacial score (nSPS) is 14.4. The van der Waals surface area contributed by atoms with E-state index in [-0.39, 0.29) is 12.0 Å². The lowest BCUT2D eigenvalue weighted by molar-refractivity contribution is 0.0388. The van der Waals surface area contributed by atoms with Crippen LogP contribution in [0.2, 0.25) is 0 Å². The van der Waals surface area contributed by atoms with Crippen LogP contribution in [-0.2, 0) is 5.41 Å². The molecule has 0 amide bonds. The average Bonchev–Trinajstić information content (AvgIpc) is 3.34. The lowest BCUT2D eigenvalue weighted by Gasteiger charge is -2.35. The minimum Gasteiger partial charge on any atom is -0.488 e. The van der Waals surface area contributed by atoms with Crippen LogP contribution in [0.15, 0.2) is 59.4 Å². The number of hydrogen-bond donors (Lipinski definition) is 0. The second-order valence-electron chi connectivity index (χ2n) is 8.85. The van der Waals surface area contributed by atoms with Crippen molar-refractivity contribution in [3.05, 3.63) is 60.7 Å². The van der Waals surface area contributed by atoms with Crippen molar-refractivity contribution in [2.45, 2.75) is 25.4 Å². The maximum atomic E-state index is 9.42. The van der Waals surface area contributed by atoms with Gasteiger partial charge >= 0.3 is 0 Å². The van der Waals surface area contributed by atoms with Gasteiger partial charge in [0.1, 0.15) is 17.5 Å². The van der Waals surface area contributed by atoms with Gasteiger partial charge < -0.3 is 9.15 Å². The van der Waals surface area contributed by atoms with Crippen molar-refractivity contribution in [2.75, 3.05) is 20.1 Å². The van der Waals surface area contributed by atoms with E-state index in [1.807, 2.05) is 50.2 Å². The first-order valence-electron chi connectivity index (χ1n) is 10.9. The highest BCUT2D eigenvalue weighted by molar-refractivity contribution is 5.62. The maximum absolute atomic E-state index is 9.42. The predicted octanol–water partition coefficient (Wildman–Crippen LogP) is 3.75.